The maximum Gasteiger partial charge on any atom is 0.224 e. The highest BCUT2D eigenvalue weighted by atomic mass is 19.1. The monoisotopic (exact) mass is 530 g/mol. The first-order valence-electron chi connectivity index (χ1n) is 13.3. The lowest BCUT2D eigenvalue weighted by Gasteiger charge is -2.36. The number of benzene rings is 1. The summed E-state index contributed by atoms with van der Waals surface area (Å²) in [7, 11) is 0. The summed E-state index contributed by atoms with van der Waals surface area (Å²) >= 11 is 0. The molecular formula is C27H33F3N6O2. The summed E-state index contributed by atoms with van der Waals surface area (Å²) in [5, 5.41) is 17.1. The highest BCUT2D eigenvalue weighted by molar-refractivity contribution is 5.87. The molecule has 0 aliphatic heterocycles. The van der Waals surface area contributed by atoms with Crippen LogP contribution in [-0.4, -0.2) is 42.1 Å². The van der Waals surface area contributed by atoms with E-state index in [1.807, 2.05) is 13.8 Å². The Balaban J connectivity index is 1.46. The van der Waals surface area contributed by atoms with E-state index in [4.69, 9.17) is 0 Å². The molecule has 1 aromatic carbocycles. The molecule has 204 valence electrons. The summed E-state index contributed by atoms with van der Waals surface area (Å²) in [5.41, 5.74) is -1.06. The largest absolute Gasteiger partial charge is 0.382 e. The second-order valence-corrected chi connectivity index (χ2v) is 10.9. The van der Waals surface area contributed by atoms with E-state index < -0.39 is 28.7 Å². The van der Waals surface area contributed by atoms with Gasteiger partial charge in [-0.2, -0.15) is 4.98 Å². The maximum absolute atomic E-state index is 14.5. The number of fused-ring (bicyclic) bond motifs is 1. The zero-order chi connectivity index (χ0) is 27.0. The van der Waals surface area contributed by atoms with Crippen LogP contribution in [0.5, 0.6) is 0 Å². The lowest BCUT2D eigenvalue weighted by atomic mass is 9.77. The van der Waals surface area contributed by atoms with Gasteiger partial charge < -0.3 is 15.7 Å². The van der Waals surface area contributed by atoms with Gasteiger partial charge in [0.15, 0.2) is 23.1 Å². The molecule has 2 heterocycles. The van der Waals surface area contributed by atoms with E-state index in [-0.39, 0.29) is 36.7 Å². The molecule has 0 bridgehead atoms. The lowest BCUT2D eigenvalue weighted by Crippen LogP contribution is -2.43. The van der Waals surface area contributed by atoms with Gasteiger partial charge in [-0.15, -0.1) is 0 Å². The fourth-order valence-corrected chi connectivity index (χ4v) is 5.71. The third-order valence-corrected chi connectivity index (χ3v) is 7.71. The molecule has 0 radical (unpaired) electrons. The van der Waals surface area contributed by atoms with Gasteiger partial charge in [0.25, 0.3) is 0 Å². The van der Waals surface area contributed by atoms with Gasteiger partial charge in [-0.25, -0.2) is 23.1 Å². The average molecular weight is 531 g/mol. The molecule has 2 aliphatic carbocycles. The first kappa shape index (κ1) is 26.4. The van der Waals surface area contributed by atoms with Crippen LogP contribution in [0.15, 0.2) is 18.3 Å². The van der Waals surface area contributed by atoms with Crippen LogP contribution in [0.3, 0.4) is 0 Å². The third-order valence-electron chi connectivity index (χ3n) is 7.71. The number of aromatic nitrogens is 4. The molecule has 0 unspecified atom stereocenters. The number of nitrogens with zero attached hydrogens (tertiary/aromatic N) is 4. The van der Waals surface area contributed by atoms with Crippen molar-refractivity contribution in [3.8, 4) is 0 Å². The molecule has 11 heteroatoms. The molecule has 0 spiro atoms. The lowest BCUT2D eigenvalue weighted by molar-refractivity contribution is -0.142. The van der Waals surface area contributed by atoms with E-state index in [1.165, 1.54) is 6.20 Å². The van der Waals surface area contributed by atoms with Crippen LogP contribution in [-0.2, 0) is 4.79 Å². The van der Waals surface area contributed by atoms with Crippen LogP contribution < -0.4 is 10.6 Å². The van der Waals surface area contributed by atoms with Crippen molar-refractivity contribution < 1.29 is 23.1 Å². The van der Waals surface area contributed by atoms with Crippen molar-refractivity contribution in [2.45, 2.75) is 89.3 Å². The standard InChI is InChI=1S/C27H33F3N6O2/c1-15(2)32-25-31-14-21-24(35-25)36(26(33-21)34-23-19(29)12-17(28)13-20(23)30)18-7-9-27(38,10-8-18)22(37)11-16-5-3-4-6-16/h12-16,18,38H,3-11H2,1-2H3,(H,33,34)(H,31,32,35). The Morgan fingerprint density at radius 2 is 1.76 bits per heavy atom. The second-order valence-electron chi connectivity index (χ2n) is 10.9. The molecule has 2 fully saturated rings. The van der Waals surface area contributed by atoms with E-state index in [1.54, 1.807) is 4.57 Å². The number of nitrogens with one attached hydrogen (secondary N) is 2. The molecule has 5 rings (SSSR count). The molecule has 0 amide bonds. The van der Waals surface area contributed by atoms with Crippen LogP contribution in [0.25, 0.3) is 11.2 Å². The minimum Gasteiger partial charge on any atom is -0.382 e. The first-order valence-corrected chi connectivity index (χ1v) is 13.3. The fourth-order valence-electron chi connectivity index (χ4n) is 5.71. The number of anilines is 3. The zero-order valence-corrected chi connectivity index (χ0v) is 21.6. The summed E-state index contributed by atoms with van der Waals surface area (Å²) in [5.74, 6) is -2.47. The number of halogens is 3. The Kier molecular flexibility index (Phi) is 7.30. The van der Waals surface area contributed by atoms with Gasteiger partial charge in [0.1, 0.15) is 22.6 Å². The third kappa shape index (κ3) is 5.34. The Morgan fingerprint density at radius 1 is 1.11 bits per heavy atom. The van der Waals surface area contributed by atoms with Crippen molar-refractivity contribution in [1.82, 2.24) is 19.5 Å². The molecule has 38 heavy (non-hydrogen) atoms. The number of hydrogen-bond donors (Lipinski definition) is 3. The van der Waals surface area contributed by atoms with Crippen LogP contribution in [0.2, 0.25) is 0 Å². The number of aliphatic hydroxyl groups is 1. The summed E-state index contributed by atoms with van der Waals surface area (Å²) in [4.78, 5) is 26.4. The number of Topliss-reactive ketones (excluding diaryl/α,β-unsaturated/α-hetero) is 1. The van der Waals surface area contributed by atoms with E-state index in [2.05, 4.69) is 25.6 Å². The molecular weight excluding hydrogens is 497 g/mol. The normalized spacial score (nSPS) is 22.3. The van der Waals surface area contributed by atoms with Crippen molar-refractivity contribution in [2.24, 2.45) is 5.92 Å². The van der Waals surface area contributed by atoms with Crippen molar-refractivity contribution >= 4 is 34.5 Å². The summed E-state index contributed by atoms with van der Waals surface area (Å²) in [6.45, 7) is 3.89. The molecule has 2 aliphatic rings. The van der Waals surface area contributed by atoms with Crippen molar-refractivity contribution in [2.75, 3.05) is 10.6 Å². The van der Waals surface area contributed by atoms with E-state index >= 15 is 0 Å². The number of hydrogen-bond acceptors (Lipinski definition) is 7. The van der Waals surface area contributed by atoms with Gasteiger partial charge >= 0.3 is 0 Å². The number of ketones is 1. The Hall–Kier alpha value is -3.21. The minimum absolute atomic E-state index is 0.0689. The van der Waals surface area contributed by atoms with Gasteiger partial charge in [0, 0.05) is 30.6 Å². The molecule has 2 saturated carbocycles. The molecule has 8 nitrogen and oxygen atoms in total. The molecule has 3 aromatic rings. The first-order chi connectivity index (χ1) is 18.1. The van der Waals surface area contributed by atoms with Gasteiger partial charge in [0.2, 0.25) is 11.9 Å². The number of carbonyl (C=O) groups is 1. The van der Waals surface area contributed by atoms with Crippen LogP contribution >= 0.6 is 0 Å². The summed E-state index contributed by atoms with van der Waals surface area (Å²) in [6, 6.07) is 1.01. The minimum atomic E-state index is -1.38. The predicted octanol–water partition coefficient (Wildman–Crippen LogP) is 5.80. The summed E-state index contributed by atoms with van der Waals surface area (Å²) < 4.78 is 44.2. The van der Waals surface area contributed by atoms with Crippen LogP contribution in [0.1, 0.15) is 77.7 Å². The van der Waals surface area contributed by atoms with Crippen molar-refractivity contribution in [1.29, 1.82) is 0 Å². The summed E-state index contributed by atoms with van der Waals surface area (Å²) in [6.07, 6.45) is 7.68. The highest BCUT2D eigenvalue weighted by Crippen LogP contribution is 2.41. The van der Waals surface area contributed by atoms with Crippen LogP contribution in [0, 0.1) is 23.4 Å². The van der Waals surface area contributed by atoms with Gasteiger partial charge in [0.05, 0.1) is 6.20 Å². The number of carbonyl (C=O) groups excluding carboxylic acids is 1. The molecule has 3 N–H and O–H groups in total. The zero-order valence-electron chi connectivity index (χ0n) is 21.6. The van der Waals surface area contributed by atoms with E-state index in [9.17, 15) is 23.1 Å². The van der Waals surface area contributed by atoms with Gasteiger partial charge in [-0.05, 0) is 45.4 Å². The SMILES string of the molecule is CC(C)Nc1ncc2nc(Nc3c(F)cc(F)cc3F)n(C3CCC(O)(C(=O)CC4CCCC4)CC3)c2n1. The molecule has 2 aromatic heterocycles. The van der Waals surface area contributed by atoms with Gasteiger partial charge in [-0.1, -0.05) is 25.7 Å². The fraction of sp³-hybridized carbons (Fsp3) is 0.556. The second kappa shape index (κ2) is 10.5. The average Bonchev–Trinajstić information content (AvgIpc) is 3.49. The number of rotatable bonds is 8. The van der Waals surface area contributed by atoms with Crippen molar-refractivity contribution in [3.05, 3.63) is 35.8 Å². The van der Waals surface area contributed by atoms with Gasteiger partial charge in [-0.3, -0.25) is 9.36 Å². The molecule has 0 atom stereocenters. The quantitative estimate of drug-likeness (QED) is 0.338. The van der Waals surface area contributed by atoms with Crippen LogP contribution in [0.4, 0.5) is 30.8 Å². The van der Waals surface area contributed by atoms with Crippen molar-refractivity contribution in [3.63, 3.8) is 0 Å². The van der Waals surface area contributed by atoms with E-state index in [0.29, 0.717) is 54.4 Å². The van der Waals surface area contributed by atoms with E-state index in [0.717, 1.165) is 25.7 Å². The Bertz CT molecular complexity index is 1310. The Morgan fingerprint density at radius 3 is 2.39 bits per heavy atom. The number of imidazole rings is 1. The topological polar surface area (TPSA) is 105 Å². The molecule has 0 saturated heterocycles. The predicted molar refractivity (Wildman–Crippen MR) is 138 cm³/mol. The smallest absolute Gasteiger partial charge is 0.224 e. The maximum atomic E-state index is 14.5. The Labute approximate surface area is 219 Å². The highest BCUT2D eigenvalue weighted by Gasteiger charge is 2.41.